The van der Waals surface area contributed by atoms with E-state index in [1.807, 2.05) is 17.5 Å². The average molecular weight is 435 g/mol. The zero-order valence-electron chi connectivity index (χ0n) is 18.7. The van der Waals surface area contributed by atoms with Gasteiger partial charge in [-0.25, -0.2) is 4.98 Å². The third-order valence-corrected chi connectivity index (χ3v) is 6.93. The first-order chi connectivity index (χ1) is 14.9. The van der Waals surface area contributed by atoms with Gasteiger partial charge in [0.2, 0.25) is 0 Å². The molecule has 162 valence electrons. The summed E-state index contributed by atoms with van der Waals surface area (Å²) in [5, 5.41) is 5.69. The van der Waals surface area contributed by atoms with E-state index in [4.69, 9.17) is 0 Å². The van der Waals surface area contributed by atoms with Gasteiger partial charge in [-0.3, -0.25) is 4.79 Å². The second-order valence-electron chi connectivity index (χ2n) is 8.39. The fourth-order valence-electron chi connectivity index (χ4n) is 4.04. The standard InChI is InChI=1S/C25H30N4OS/c1-5-18-6-11-22(17(2)14-18)25-27-23(16-31-25)24(30)26-19-7-9-20(10-8-19)29-13-12-21(15-29)28(3)4/h6-11,14,16,21H,5,12-13,15H2,1-4H3,(H,26,30). The smallest absolute Gasteiger partial charge is 0.275 e. The molecule has 5 nitrogen and oxygen atoms in total. The van der Waals surface area contributed by atoms with Crippen molar-refractivity contribution < 1.29 is 4.79 Å². The summed E-state index contributed by atoms with van der Waals surface area (Å²) < 4.78 is 0. The molecule has 3 aromatic rings. The summed E-state index contributed by atoms with van der Waals surface area (Å²) in [4.78, 5) is 22.0. The number of benzene rings is 2. The highest BCUT2D eigenvalue weighted by Gasteiger charge is 2.24. The molecule has 0 bridgehead atoms. The summed E-state index contributed by atoms with van der Waals surface area (Å²) in [5.74, 6) is -0.174. The van der Waals surface area contributed by atoms with Gasteiger partial charge in [0.1, 0.15) is 10.7 Å². The molecule has 0 spiro atoms. The molecule has 6 heteroatoms. The number of hydrogen-bond acceptors (Lipinski definition) is 5. The third kappa shape index (κ3) is 4.81. The van der Waals surface area contributed by atoms with E-state index in [2.05, 4.69) is 78.4 Å². The van der Waals surface area contributed by atoms with Crippen molar-refractivity contribution in [2.24, 2.45) is 0 Å². The molecule has 1 fully saturated rings. The van der Waals surface area contributed by atoms with Gasteiger partial charge in [-0.1, -0.05) is 25.1 Å². The zero-order valence-corrected chi connectivity index (χ0v) is 19.5. The van der Waals surface area contributed by atoms with E-state index >= 15 is 0 Å². The van der Waals surface area contributed by atoms with Gasteiger partial charge >= 0.3 is 0 Å². The highest BCUT2D eigenvalue weighted by atomic mass is 32.1. The van der Waals surface area contributed by atoms with Crippen LogP contribution in [0.2, 0.25) is 0 Å². The van der Waals surface area contributed by atoms with E-state index in [1.165, 1.54) is 34.6 Å². The van der Waals surface area contributed by atoms with Gasteiger partial charge in [0.05, 0.1) is 0 Å². The number of carbonyl (C=O) groups excluding carboxylic acids is 1. The highest BCUT2D eigenvalue weighted by molar-refractivity contribution is 7.13. The molecule has 31 heavy (non-hydrogen) atoms. The number of carbonyl (C=O) groups is 1. The number of amides is 1. The number of nitrogens with zero attached hydrogens (tertiary/aromatic N) is 3. The Morgan fingerprint density at radius 1 is 1.23 bits per heavy atom. The molecule has 0 saturated carbocycles. The summed E-state index contributed by atoms with van der Waals surface area (Å²) in [6.45, 7) is 6.35. The number of nitrogens with one attached hydrogen (secondary N) is 1. The number of likely N-dealkylation sites (N-methyl/N-ethyl adjacent to an activating group) is 1. The molecule has 2 aromatic carbocycles. The maximum atomic E-state index is 12.7. The minimum Gasteiger partial charge on any atom is -0.370 e. The van der Waals surface area contributed by atoms with Crippen LogP contribution in [0.15, 0.2) is 47.8 Å². The van der Waals surface area contributed by atoms with Crippen molar-refractivity contribution in [3.8, 4) is 10.6 Å². The molecule has 4 rings (SSSR count). The van der Waals surface area contributed by atoms with E-state index in [0.717, 1.165) is 35.8 Å². The van der Waals surface area contributed by atoms with Crippen molar-refractivity contribution in [3.05, 3.63) is 64.7 Å². The molecule has 1 unspecified atom stereocenters. The summed E-state index contributed by atoms with van der Waals surface area (Å²) >= 11 is 1.51. The molecule has 2 heterocycles. The van der Waals surface area contributed by atoms with Gasteiger partial charge < -0.3 is 15.1 Å². The van der Waals surface area contributed by atoms with Gasteiger partial charge in [-0.05, 0) is 69.3 Å². The first-order valence-electron chi connectivity index (χ1n) is 10.8. The zero-order chi connectivity index (χ0) is 22.0. The Labute approximate surface area is 188 Å². The van der Waals surface area contributed by atoms with E-state index in [-0.39, 0.29) is 5.91 Å². The first kappa shape index (κ1) is 21.5. The van der Waals surface area contributed by atoms with Crippen LogP contribution in [0.4, 0.5) is 11.4 Å². The molecule has 1 saturated heterocycles. The fraction of sp³-hybridized carbons (Fsp3) is 0.360. The van der Waals surface area contributed by atoms with Gasteiger partial charge in [-0.15, -0.1) is 11.3 Å². The maximum absolute atomic E-state index is 12.7. The molecule has 1 aliphatic rings. The van der Waals surface area contributed by atoms with Gasteiger partial charge in [0.15, 0.2) is 0 Å². The van der Waals surface area contributed by atoms with E-state index in [0.29, 0.717) is 11.7 Å². The molecule has 1 N–H and O–H groups in total. The molecular weight excluding hydrogens is 404 g/mol. The Morgan fingerprint density at radius 3 is 2.65 bits per heavy atom. The molecular formula is C25H30N4OS. The van der Waals surface area contributed by atoms with Crippen LogP contribution in [-0.4, -0.2) is 49.0 Å². The quantitative estimate of drug-likeness (QED) is 0.588. The van der Waals surface area contributed by atoms with Crippen LogP contribution in [0.25, 0.3) is 10.6 Å². The molecule has 1 aromatic heterocycles. The second-order valence-corrected chi connectivity index (χ2v) is 9.25. The normalized spacial score (nSPS) is 16.2. The monoisotopic (exact) mass is 434 g/mol. The fourth-order valence-corrected chi connectivity index (χ4v) is 4.93. The van der Waals surface area contributed by atoms with Crippen molar-refractivity contribution in [2.45, 2.75) is 32.7 Å². The molecule has 1 amide bonds. The number of aromatic nitrogens is 1. The van der Waals surface area contributed by atoms with Crippen LogP contribution in [0.1, 0.15) is 35.0 Å². The summed E-state index contributed by atoms with van der Waals surface area (Å²) in [6, 6.07) is 15.1. The number of hydrogen-bond donors (Lipinski definition) is 1. The topological polar surface area (TPSA) is 48.5 Å². The molecule has 1 aliphatic heterocycles. The van der Waals surface area contributed by atoms with Crippen LogP contribution >= 0.6 is 11.3 Å². The predicted molar refractivity (Wildman–Crippen MR) is 130 cm³/mol. The maximum Gasteiger partial charge on any atom is 0.275 e. The summed E-state index contributed by atoms with van der Waals surface area (Å²) in [5.41, 5.74) is 6.03. The van der Waals surface area contributed by atoms with Gasteiger partial charge in [0.25, 0.3) is 5.91 Å². The Kier molecular flexibility index (Phi) is 6.39. The lowest BCUT2D eigenvalue weighted by atomic mass is 10.0. The number of aryl methyl sites for hydroxylation is 2. The first-order valence-corrected chi connectivity index (χ1v) is 11.7. The third-order valence-electron chi connectivity index (χ3n) is 6.05. The molecule has 1 atom stereocenters. The van der Waals surface area contributed by atoms with Crippen LogP contribution < -0.4 is 10.2 Å². The Hall–Kier alpha value is -2.70. The Bertz CT molecular complexity index is 1060. The Morgan fingerprint density at radius 2 is 2.00 bits per heavy atom. The minimum atomic E-state index is -0.174. The van der Waals surface area contributed by atoms with Gasteiger partial charge in [0, 0.05) is 41.4 Å². The number of rotatable bonds is 6. The average Bonchev–Trinajstić information content (AvgIpc) is 3.44. The lowest BCUT2D eigenvalue weighted by Gasteiger charge is -2.22. The second kappa shape index (κ2) is 9.20. The van der Waals surface area contributed by atoms with Crippen molar-refractivity contribution in [1.82, 2.24) is 9.88 Å². The van der Waals surface area contributed by atoms with Crippen LogP contribution in [-0.2, 0) is 6.42 Å². The predicted octanol–water partition coefficient (Wildman–Crippen LogP) is 5.07. The van der Waals surface area contributed by atoms with E-state index in [9.17, 15) is 4.79 Å². The van der Waals surface area contributed by atoms with Crippen molar-refractivity contribution >= 4 is 28.6 Å². The van der Waals surface area contributed by atoms with Crippen LogP contribution in [0.5, 0.6) is 0 Å². The number of anilines is 2. The van der Waals surface area contributed by atoms with Gasteiger partial charge in [-0.2, -0.15) is 0 Å². The van der Waals surface area contributed by atoms with Crippen molar-refractivity contribution in [3.63, 3.8) is 0 Å². The molecule has 0 aliphatic carbocycles. The number of thiazole rings is 1. The van der Waals surface area contributed by atoms with Crippen molar-refractivity contribution in [2.75, 3.05) is 37.4 Å². The Balaban J connectivity index is 1.41. The van der Waals surface area contributed by atoms with E-state index in [1.54, 1.807) is 0 Å². The minimum absolute atomic E-state index is 0.174. The SMILES string of the molecule is CCc1ccc(-c2nc(C(=O)Nc3ccc(N4CCC(N(C)C)C4)cc3)cs2)c(C)c1. The lowest BCUT2D eigenvalue weighted by Crippen LogP contribution is -2.31. The van der Waals surface area contributed by atoms with Crippen LogP contribution in [0, 0.1) is 6.92 Å². The highest BCUT2D eigenvalue weighted by Crippen LogP contribution is 2.28. The molecule has 0 radical (unpaired) electrons. The lowest BCUT2D eigenvalue weighted by molar-refractivity contribution is 0.102. The summed E-state index contributed by atoms with van der Waals surface area (Å²) in [7, 11) is 4.27. The largest absolute Gasteiger partial charge is 0.370 e. The summed E-state index contributed by atoms with van der Waals surface area (Å²) in [6.07, 6.45) is 2.19. The van der Waals surface area contributed by atoms with Crippen molar-refractivity contribution in [1.29, 1.82) is 0 Å². The van der Waals surface area contributed by atoms with Crippen LogP contribution in [0.3, 0.4) is 0 Å². The van der Waals surface area contributed by atoms with E-state index < -0.39 is 0 Å².